The number of piperidine rings is 1. The van der Waals surface area contributed by atoms with Gasteiger partial charge in [-0.3, -0.25) is 4.90 Å². The molecule has 1 N–H and O–H groups in total. The third-order valence-corrected chi connectivity index (χ3v) is 6.38. The minimum absolute atomic E-state index is 0.0341. The summed E-state index contributed by atoms with van der Waals surface area (Å²) < 4.78 is 37.0. The van der Waals surface area contributed by atoms with Crippen LogP contribution < -0.4 is 5.32 Å². The molecule has 0 spiro atoms. The topological polar surface area (TPSA) is 49.4 Å². The van der Waals surface area contributed by atoms with Crippen LogP contribution >= 0.6 is 0 Å². The van der Waals surface area contributed by atoms with Crippen LogP contribution in [0, 0.1) is 5.82 Å². The maximum absolute atomic E-state index is 12.9. The molecule has 0 bridgehead atoms. The Morgan fingerprint density at radius 1 is 1.09 bits per heavy atom. The first-order valence-corrected chi connectivity index (χ1v) is 9.78. The van der Waals surface area contributed by atoms with Crippen molar-refractivity contribution in [3.05, 3.63) is 35.6 Å². The highest BCUT2D eigenvalue weighted by atomic mass is 32.2. The van der Waals surface area contributed by atoms with Gasteiger partial charge >= 0.3 is 0 Å². The van der Waals surface area contributed by atoms with Crippen molar-refractivity contribution in [2.75, 3.05) is 24.6 Å². The molecule has 4 nitrogen and oxygen atoms in total. The second-order valence-electron chi connectivity index (χ2n) is 6.35. The van der Waals surface area contributed by atoms with E-state index in [4.69, 9.17) is 0 Å². The molecule has 3 rings (SSSR count). The number of hydrogen-bond donors (Lipinski definition) is 1. The zero-order chi connectivity index (χ0) is 15.6. The first-order chi connectivity index (χ1) is 10.5. The number of sulfone groups is 1. The number of benzene rings is 1. The molecule has 2 heterocycles. The molecule has 2 unspecified atom stereocenters. The monoisotopic (exact) mass is 326 g/mol. The lowest BCUT2D eigenvalue weighted by molar-refractivity contribution is 0.155. The molecule has 0 saturated carbocycles. The molecule has 2 atom stereocenters. The van der Waals surface area contributed by atoms with Gasteiger partial charge in [-0.25, -0.2) is 12.8 Å². The number of nitrogens with one attached hydrogen (secondary N) is 1. The van der Waals surface area contributed by atoms with Gasteiger partial charge in [0.05, 0.1) is 11.5 Å². The van der Waals surface area contributed by atoms with Gasteiger partial charge in [0.2, 0.25) is 0 Å². The van der Waals surface area contributed by atoms with Gasteiger partial charge in [0.15, 0.2) is 9.84 Å². The molecule has 0 aromatic heterocycles. The van der Waals surface area contributed by atoms with Crippen LogP contribution in [0.5, 0.6) is 0 Å². The van der Waals surface area contributed by atoms with E-state index in [1.165, 1.54) is 18.6 Å². The standard InChI is InChI=1S/C16H23FN2O2S/c17-14-6-4-13(5-7-14)10-18-15-11-22(20,21)12-16(15)19-8-2-1-3-9-19/h4-7,15-16,18H,1-3,8-12H2. The number of halogens is 1. The molecule has 0 radical (unpaired) electrons. The second-order valence-corrected chi connectivity index (χ2v) is 8.51. The van der Waals surface area contributed by atoms with E-state index < -0.39 is 9.84 Å². The minimum atomic E-state index is -2.97. The molecule has 1 aromatic carbocycles. The highest BCUT2D eigenvalue weighted by molar-refractivity contribution is 7.91. The Morgan fingerprint density at radius 2 is 1.77 bits per heavy atom. The average molecular weight is 326 g/mol. The van der Waals surface area contributed by atoms with Crippen LogP contribution in [0.15, 0.2) is 24.3 Å². The summed E-state index contributed by atoms with van der Waals surface area (Å²) in [6.07, 6.45) is 3.55. The van der Waals surface area contributed by atoms with E-state index in [2.05, 4.69) is 10.2 Å². The summed E-state index contributed by atoms with van der Waals surface area (Å²) in [5.41, 5.74) is 0.975. The summed E-state index contributed by atoms with van der Waals surface area (Å²) >= 11 is 0. The number of rotatable bonds is 4. The van der Waals surface area contributed by atoms with E-state index in [-0.39, 0.29) is 29.4 Å². The highest BCUT2D eigenvalue weighted by Gasteiger charge is 2.40. The molecular formula is C16H23FN2O2S. The first-order valence-electron chi connectivity index (χ1n) is 7.96. The molecule has 0 aliphatic carbocycles. The van der Waals surface area contributed by atoms with E-state index in [0.29, 0.717) is 6.54 Å². The van der Waals surface area contributed by atoms with Gasteiger partial charge in [-0.15, -0.1) is 0 Å². The van der Waals surface area contributed by atoms with Crippen molar-refractivity contribution in [2.24, 2.45) is 0 Å². The fraction of sp³-hybridized carbons (Fsp3) is 0.625. The van der Waals surface area contributed by atoms with Crippen molar-refractivity contribution in [3.8, 4) is 0 Å². The number of nitrogens with zero attached hydrogens (tertiary/aromatic N) is 1. The second kappa shape index (κ2) is 6.64. The van der Waals surface area contributed by atoms with Gasteiger partial charge in [0.1, 0.15) is 5.82 Å². The Balaban J connectivity index is 1.65. The van der Waals surface area contributed by atoms with Gasteiger partial charge < -0.3 is 5.32 Å². The first kappa shape index (κ1) is 15.9. The Bertz CT molecular complexity index is 597. The van der Waals surface area contributed by atoms with Gasteiger partial charge in [0, 0.05) is 18.6 Å². The fourth-order valence-electron chi connectivity index (χ4n) is 3.49. The quantitative estimate of drug-likeness (QED) is 0.912. The van der Waals surface area contributed by atoms with Crippen LogP contribution in [0.1, 0.15) is 24.8 Å². The van der Waals surface area contributed by atoms with Gasteiger partial charge in [-0.05, 0) is 43.6 Å². The van der Waals surface area contributed by atoms with Crippen LogP contribution in [-0.4, -0.2) is 50.0 Å². The summed E-state index contributed by atoms with van der Waals surface area (Å²) in [5, 5.41) is 3.38. The van der Waals surface area contributed by atoms with Crippen molar-refractivity contribution >= 4 is 9.84 Å². The lowest BCUT2D eigenvalue weighted by atomic mass is 10.0. The third-order valence-electron chi connectivity index (χ3n) is 4.66. The molecular weight excluding hydrogens is 303 g/mol. The SMILES string of the molecule is O=S1(=O)CC(NCc2ccc(F)cc2)C(N2CCCCC2)C1. The molecule has 2 fully saturated rings. The van der Waals surface area contributed by atoms with Gasteiger partial charge in [-0.2, -0.15) is 0 Å². The maximum atomic E-state index is 12.9. The molecule has 0 amide bonds. The van der Waals surface area contributed by atoms with Crippen molar-refractivity contribution in [2.45, 2.75) is 37.9 Å². The number of likely N-dealkylation sites (tertiary alicyclic amines) is 1. The highest BCUT2D eigenvalue weighted by Crippen LogP contribution is 2.22. The minimum Gasteiger partial charge on any atom is -0.307 e. The third kappa shape index (κ3) is 3.86. The van der Waals surface area contributed by atoms with Crippen LogP contribution in [0.2, 0.25) is 0 Å². The van der Waals surface area contributed by atoms with Crippen molar-refractivity contribution in [3.63, 3.8) is 0 Å². The van der Waals surface area contributed by atoms with E-state index in [0.717, 1.165) is 31.5 Å². The predicted molar refractivity (Wildman–Crippen MR) is 84.9 cm³/mol. The predicted octanol–water partition coefficient (Wildman–Crippen LogP) is 1.57. The lowest BCUT2D eigenvalue weighted by Gasteiger charge is -2.35. The van der Waals surface area contributed by atoms with Crippen molar-refractivity contribution < 1.29 is 12.8 Å². The van der Waals surface area contributed by atoms with Crippen molar-refractivity contribution in [1.29, 1.82) is 0 Å². The van der Waals surface area contributed by atoms with Gasteiger partial charge in [-0.1, -0.05) is 18.6 Å². The Kier molecular flexibility index (Phi) is 4.80. The van der Waals surface area contributed by atoms with Crippen LogP contribution in [0.4, 0.5) is 4.39 Å². The molecule has 1 aromatic rings. The van der Waals surface area contributed by atoms with E-state index in [1.54, 1.807) is 12.1 Å². The maximum Gasteiger partial charge on any atom is 0.153 e. The smallest absolute Gasteiger partial charge is 0.153 e. The Morgan fingerprint density at radius 3 is 2.45 bits per heavy atom. The molecule has 2 saturated heterocycles. The van der Waals surface area contributed by atoms with E-state index >= 15 is 0 Å². The zero-order valence-electron chi connectivity index (χ0n) is 12.7. The Hall–Kier alpha value is -0.980. The Labute approximate surface area is 131 Å². The molecule has 2 aliphatic heterocycles. The summed E-state index contributed by atoms with van der Waals surface area (Å²) in [6, 6.07) is 6.39. The molecule has 6 heteroatoms. The normalized spacial score (nSPS) is 28.8. The summed E-state index contributed by atoms with van der Waals surface area (Å²) in [7, 11) is -2.97. The van der Waals surface area contributed by atoms with Crippen LogP contribution in [-0.2, 0) is 16.4 Å². The molecule has 122 valence electrons. The summed E-state index contributed by atoms with van der Waals surface area (Å²) in [6.45, 7) is 2.56. The summed E-state index contributed by atoms with van der Waals surface area (Å²) in [5.74, 6) is 0.210. The lowest BCUT2D eigenvalue weighted by Crippen LogP contribution is -2.50. The fourth-order valence-corrected chi connectivity index (χ4v) is 5.47. The molecule has 22 heavy (non-hydrogen) atoms. The van der Waals surface area contributed by atoms with Crippen LogP contribution in [0.25, 0.3) is 0 Å². The van der Waals surface area contributed by atoms with Gasteiger partial charge in [0.25, 0.3) is 0 Å². The molecule has 2 aliphatic rings. The zero-order valence-corrected chi connectivity index (χ0v) is 13.5. The summed E-state index contributed by atoms with van der Waals surface area (Å²) in [4.78, 5) is 2.33. The largest absolute Gasteiger partial charge is 0.307 e. The van der Waals surface area contributed by atoms with Crippen molar-refractivity contribution in [1.82, 2.24) is 10.2 Å². The van der Waals surface area contributed by atoms with E-state index in [1.807, 2.05) is 0 Å². The average Bonchev–Trinajstić information content (AvgIpc) is 2.83. The number of hydrogen-bond acceptors (Lipinski definition) is 4. The van der Waals surface area contributed by atoms with Crippen LogP contribution in [0.3, 0.4) is 0 Å². The van der Waals surface area contributed by atoms with E-state index in [9.17, 15) is 12.8 Å².